The minimum atomic E-state index is -1.63. The zero-order valence-corrected chi connectivity index (χ0v) is 19.0. The highest BCUT2D eigenvalue weighted by molar-refractivity contribution is 6.00. The SMILES string of the molecule is CC(C)(O)C(F)CNC(=O)c1cnc(-c2cnn3cc(C#N)cnc23)cc1NC1CCCOC1. The van der Waals surface area contributed by atoms with Crippen LogP contribution in [0.3, 0.4) is 0 Å². The molecule has 11 heteroatoms. The van der Waals surface area contributed by atoms with Gasteiger partial charge in [-0.25, -0.2) is 13.9 Å². The molecule has 3 N–H and O–H groups in total. The van der Waals surface area contributed by atoms with E-state index in [0.29, 0.717) is 41.4 Å². The van der Waals surface area contributed by atoms with Gasteiger partial charge in [0, 0.05) is 25.0 Å². The van der Waals surface area contributed by atoms with E-state index >= 15 is 0 Å². The lowest BCUT2D eigenvalue weighted by Crippen LogP contribution is -2.42. The summed E-state index contributed by atoms with van der Waals surface area (Å²) in [7, 11) is 0. The molecule has 0 aromatic carbocycles. The molecular weight excluding hydrogens is 441 g/mol. The molecule has 0 saturated carbocycles. The van der Waals surface area contributed by atoms with Gasteiger partial charge in [-0.3, -0.25) is 9.78 Å². The Kier molecular flexibility index (Phi) is 6.72. The molecule has 1 aliphatic heterocycles. The van der Waals surface area contributed by atoms with Crippen LogP contribution in [-0.4, -0.2) is 68.2 Å². The van der Waals surface area contributed by atoms with Crippen LogP contribution < -0.4 is 10.6 Å². The first-order valence-corrected chi connectivity index (χ1v) is 11.0. The molecule has 1 saturated heterocycles. The van der Waals surface area contributed by atoms with Crippen LogP contribution in [0.4, 0.5) is 10.1 Å². The van der Waals surface area contributed by atoms with Crippen LogP contribution in [0.1, 0.15) is 42.6 Å². The number of carbonyl (C=O) groups excluding carboxylic acids is 1. The lowest BCUT2D eigenvalue weighted by Gasteiger charge is -2.26. The summed E-state index contributed by atoms with van der Waals surface area (Å²) in [5.74, 6) is -0.512. The number of nitrogens with zero attached hydrogens (tertiary/aromatic N) is 5. The fraction of sp³-hybridized carbons (Fsp3) is 0.435. The van der Waals surface area contributed by atoms with Gasteiger partial charge < -0.3 is 20.5 Å². The maximum atomic E-state index is 14.2. The number of halogens is 1. The molecule has 2 unspecified atom stereocenters. The second-order valence-corrected chi connectivity index (χ2v) is 8.79. The summed E-state index contributed by atoms with van der Waals surface area (Å²) in [6, 6.07) is 3.75. The molecule has 3 aromatic heterocycles. The van der Waals surface area contributed by atoms with Crippen molar-refractivity contribution in [2.24, 2.45) is 0 Å². The summed E-state index contributed by atoms with van der Waals surface area (Å²) in [4.78, 5) is 21.6. The van der Waals surface area contributed by atoms with Crippen LogP contribution in [0.2, 0.25) is 0 Å². The average molecular weight is 468 g/mol. The molecule has 1 aliphatic rings. The first kappa shape index (κ1) is 23.5. The van der Waals surface area contributed by atoms with Crippen molar-refractivity contribution in [2.75, 3.05) is 25.1 Å². The number of rotatable bonds is 7. The smallest absolute Gasteiger partial charge is 0.255 e. The van der Waals surface area contributed by atoms with E-state index in [-0.39, 0.29) is 18.2 Å². The van der Waals surface area contributed by atoms with E-state index < -0.39 is 17.7 Å². The Morgan fingerprint density at radius 1 is 1.41 bits per heavy atom. The number of carbonyl (C=O) groups is 1. The number of amides is 1. The van der Waals surface area contributed by atoms with Crippen molar-refractivity contribution < 1.29 is 19.0 Å². The molecule has 4 rings (SSSR count). The summed E-state index contributed by atoms with van der Waals surface area (Å²) in [6.45, 7) is 3.55. The molecule has 34 heavy (non-hydrogen) atoms. The monoisotopic (exact) mass is 467 g/mol. The maximum absolute atomic E-state index is 14.2. The van der Waals surface area contributed by atoms with Crippen molar-refractivity contribution in [2.45, 2.75) is 44.5 Å². The normalized spacial score (nSPS) is 17.2. The zero-order chi connectivity index (χ0) is 24.3. The van der Waals surface area contributed by atoms with Crippen LogP contribution in [0, 0.1) is 11.3 Å². The van der Waals surface area contributed by atoms with E-state index in [4.69, 9.17) is 10.00 Å². The number of nitrogens with one attached hydrogen (secondary N) is 2. The number of aliphatic hydroxyl groups is 1. The molecule has 0 aliphatic carbocycles. The van der Waals surface area contributed by atoms with E-state index in [0.717, 1.165) is 12.8 Å². The molecule has 1 fully saturated rings. The number of aromatic nitrogens is 4. The van der Waals surface area contributed by atoms with Crippen molar-refractivity contribution in [3.05, 3.63) is 42.0 Å². The van der Waals surface area contributed by atoms with Crippen molar-refractivity contribution in [1.82, 2.24) is 24.9 Å². The minimum absolute atomic E-state index is 0.000988. The molecule has 0 radical (unpaired) electrons. The molecule has 4 heterocycles. The van der Waals surface area contributed by atoms with Gasteiger partial charge in [-0.1, -0.05) is 0 Å². The number of pyridine rings is 1. The third kappa shape index (κ3) is 5.13. The lowest BCUT2D eigenvalue weighted by molar-refractivity contribution is -0.00177. The molecule has 178 valence electrons. The maximum Gasteiger partial charge on any atom is 0.255 e. The Morgan fingerprint density at radius 2 is 2.24 bits per heavy atom. The minimum Gasteiger partial charge on any atom is -0.387 e. The van der Waals surface area contributed by atoms with E-state index in [1.807, 2.05) is 6.07 Å². The summed E-state index contributed by atoms with van der Waals surface area (Å²) in [5, 5.41) is 29.0. The van der Waals surface area contributed by atoms with Gasteiger partial charge in [-0.2, -0.15) is 10.4 Å². The highest BCUT2D eigenvalue weighted by Gasteiger charge is 2.27. The van der Waals surface area contributed by atoms with Crippen LogP contribution in [0.25, 0.3) is 16.9 Å². The lowest BCUT2D eigenvalue weighted by atomic mass is 10.0. The molecule has 0 bridgehead atoms. The number of hydrogen-bond donors (Lipinski definition) is 3. The van der Waals surface area contributed by atoms with Gasteiger partial charge in [0.1, 0.15) is 12.2 Å². The topological polar surface area (TPSA) is 137 Å². The average Bonchev–Trinajstić information content (AvgIpc) is 3.25. The Hall–Kier alpha value is -3.62. The standard InChI is InChI=1S/C23H26FN7O3/c1-23(2,33)20(24)11-28-22(32)17-9-26-18(6-19(17)30-15-4-3-5-34-13-15)16-10-29-31-12-14(7-25)8-27-21(16)31/h6,8-10,12,15,20,33H,3-5,11,13H2,1-2H3,(H,26,30)(H,28,32). The largest absolute Gasteiger partial charge is 0.387 e. The summed E-state index contributed by atoms with van der Waals surface area (Å²) in [5.41, 5.74) is 1.24. The van der Waals surface area contributed by atoms with Gasteiger partial charge in [0.2, 0.25) is 0 Å². The van der Waals surface area contributed by atoms with E-state index in [1.54, 1.807) is 18.5 Å². The van der Waals surface area contributed by atoms with Crippen LogP contribution >= 0.6 is 0 Å². The Bertz CT molecular complexity index is 1230. The van der Waals surface area contributed by atoms with E-state index in [2.05, 4.69) is 25.7 Å². The van der Waals surface area contributed by atoms with Gasteiger partial charge >= 0.3 is 0 Å². The second-order valence-electron chi connectivity index (χ2n) is 8.79. The highest BCUT2D eigenvalue weighted by atomic mass is 19.1. The van der Waals surface area contributed by atoms with Gasteiger partial charge in [-0.05, 0) is 32.8 Å². The number of nitriles is 1. The van der Waals surface area contributed by atoms with Crippen LogP contribution in [-0.2, 0) is 4.74 Å². The first-order valence-electron chi connectivity index (χ1n) is 11.0. The number of anilines is 1. The molecule has 2 atom stereocenters. The number of fused-ring (bicyclic) bond motifs is 1. The predicted octanol–water partition coefficient (Wildman–Crippen LogP) is 2.09. The van der Waals surface area contributed by atoms with E-state index in [1.165, 1.54) is 30.8 Å². The summed E-state index contributed by atoms with van der Waals surface area (Å²) < 4.78 is 21.2. The number of ether oxygens (including phenoxy) is 1. The third-order valence-corrected chi connectivity index (χ3v) is 5.64. The molecule has 0 spiro atoms. The molecular formula is C23H26FN7O3. The summed E-state index contributed by atoms with van der Waals surface area (Å²) >= 11 is 0. The molecule has 10 nitrogen and oxygen atoms in total. The molecule has 1 amide bonds. The van der Waals surface area contributed by atoms with Crippen molar-refractivity contribution >= 4 is 17.2 Å². The fourth-order valence-electron chi connectivity index (χ4n) is 3.62. The first-order chi connectivity index (χ1) is 16.3. The Balaban J connectivity index is 1.65. The highest BCUT2D eigenvalue weighted by Crippen LogP contribution is 2.27. The second kappa shape index (κ2) is 9.70. The van der Waals surface area contributed by atoms with Crippen molar-refractivity contribution in [3.8, 4) is 17.3 Å². The quantitative estimate of drug-likeness (QED) is 0.480. The van der Waals surface area contributed by atoms with Crippen LogP contribution in [0.5, 0.6) is 0 Å². The summed E-state index contributed by atoms with van der Waals surface area (Å²) in [6.07, 6.45) is 6.18. The third-order valence-electron chi connectivity index (χ3n) is 5.64. The van der Waals surface area contributed by atoms with Crippen molar-refractivity contribution in [1.29, 1.82) is 5.26 Å². The predicted molar refractivity (Wildman–Crippen MR) is 122 cm³/mol. The number of hydrogen-bond acceptors (Lipinski definition) is 8. The van der Waals surface area contributed by atoms with Gasteiger partial charge in [0.15, 0.2) is 5.65 Å². The fourth-order valence-corrected chi connectivity index (χ4v) is 3.62. The Morgan fingerprint density at radius 3 is 2.94 bits per heavy atom. The van der Waals surface area contributed by atoms with Crippen LogP contribution in [0.15, 0.2) is 30.9 Å². The molecule has 3 aromatic rings. The zero-order valence-electron chi connectivity index (χ0n) is 19.0. The van der Waals surface area contributed by atoms with Gasteiger partial charge in [-0.15, -0.1) is 0 Å². The van der Waals surface area contributed by atoms with Crippen molar-refractivity contribution in [3.63, 3.8) is 0 Å². The van der Waals surface area contributed by atoms with Gasteiger partial charge in [0.25, 0.3) is 5.91 Å². The van der Waals surface area contributed by atoms with Gasteiger partial charge in [0.05, 0.1) is 59.2 Å². The van der Waals surface area contributed by atoms with E-state index in [9.17, 15) is 14.3 Å². The Labute approximate surface area is 195 Å². The number of alkyl halides is 1.